The van der Waals surface area contributed by atoms with Crippen molar-refractivity contribution in [1.29, 1.82) is 0 Å². The minimum atomic E-state index is 0.0161. The molecule has 0 saturated carbocycles. The van der Waals surface area contributed by atoms with Crippen molar-refractivity contribution in [2.24, 2.45) is 0 Å². The molecule has 0 aliphatic carbocycles. The molecule has 0 aliphatic heterocycles. The normalized spacial score (nSPS) is 12.2. The van der Waals surface area contributed by atoms with Gasteiger partial charge in [0.2, 0.25) is 0 Å². The molecule has 0 N–H and O–H groups in total. The van der Waals surface area contributed by atoms with Crippen LogP contribution in [-0.2, 0) is 11.3 Å². The zero-order valence-corrected chi connectivity index (χ0v) is 14.1. The predicted octanol–water partition coefficient (Wildman–Crippen LogP) is 5.04. The Morgan fingerprint density at radius 1 is 1.10 bits per heavy atom. The van der Waals surface area contributed by atoms with Gasteiger partial charge in [-0.2, -0.15) is 0 Å². The van der Waals surface area contributed by atoms with Crippen molar-refractivity contribution >= 4 is 34.2 Å². The fourth-order valence-electron chi connectivity index (χ4n) is 1.93. The summed E-state index contributed by atoms with van der Waals surface area (Å²) in [6.07, 6.45) is 0.0161. The highest BCUT2D eigenvalue weighted by Gasteiger charge is 2.15. The number of hydrogen-bond acceptors (Lipinski definition) is 2. The van der Waals surface area contributed by atoms with Crippen LogP contribution in [0.5, 0.6) is 5.75 Å². The van der Waals surface area contributed by atoms with Crippen LogP contribution in [0, 0.1) is 0 Å². The third-order valence-electron chi connectivity index (χ3n) is 2.99. The summed E-state index contributed by atoms with van der Waals surface area (Å²) >= 11 is 8.21. The lowest BCUT2D eigenvalue weighted by molar-refractivity contribution is 0.0561. The average Bonchev–Trinajstić information content (AvgIpc) is 2.50. The Balaban J connectivity index is 2.07. The molecule has 2 nitrogen and oxygen atoms in total. The van der Waals surface area contributed by atoms with Gasteiger partial charge in [-0.15, -0.1) is 0 Å². The number of benzene rings is 2. The summed E-state index contributed by atoms with van der Waals surface area (Å²) in [5, 5.41) is 0.740. The van der Waals surface area contributed by atoms with E-state index in [-0.39, 0.29) is 6.10 Å². The standard InChI is InChI=1S/C16H16ClIO2/c1-19-15-5-3-2-4-14(15)16(10-18)20-11-12-6-8-13(17)9-7-12/h2-9,16H,10-11H2,1H3. The van der Waals surface area contributed by atoms with Crippen LogP contribution < -0.4 is 4.74 Å². The third kappa shape index (κ3) is 4.11. The van der Waals surface area contributed by atoms with Crippen LogP contribution in [-0.4, -0.2) is 11.5 Å². The molecule has 0 spiro atoms. The number of halogens is 2. The number of hydrogen-bond donors (Lipinski definition) is 0. The molecule has 20 heavy (non-hydrogen) atoms. The van der Waals surface area contributed by atoms with E-state index in [0.29, 0.717) is 6.61 Å². The van der Waals surface area contributed by atoms with Gasteiger partial charge in [0, 0.05) is 15.0 Å². The highest BCUT2D eigenvalue weighted by molar-refractivity contribution is 14.1. The van der Waals surface area contributed by atoms with E-state index < -0.39 is 0 Å². The van der Waals surface area contributed by atoms with Crippen molar-refractivity contribution in [2.75, 3.05) is 11.5 Å². The maximum atomic E-state index is 6.02. The largest absolute Gasteiger partial charge is 0.496 e. The van der Waals surface area contributed by atoms with Gasteiger partial charge in [0.15, 0.2) is 0 Å². The van der Waals surface area contributed by atoms with Gasteiger partial charge < -0.3 is 9.47 Å². The molecule has 2 rings (SSSR count). The lowest BCUT2D eigenvalue weighted by atomic mass is 10.1. The molecule has 0 radical (unpaired) electrons. The number of para-hydroxylation sites is 1. The van der Waals surface area contributed by atoms with Crippen molar-refractivity contribution in [2.45, 2.75) is 12.7 Å². The van der Waals surface area contributed by atoms with Crippen LogP contribution in [0.15, 0.2) is 48.5 Å². The Labute approximate surface area is 138 Å². The summed E-state index contributed by atoms with van der Waals surface area (Å²) in [5.74, 6) is 0.866. The highest BCUT2D eigenvalue weighted by atomic mass is 127. The molecular weight excluding hydrogens is 387 g/mol. The molecule has 0 saturated heterocycles. The van der Waals surface area contributed by atoms with E-state index in [2.05, 4.69) is 22.6 Å². The van der Waals surface area contributed by atoms with E-state index in [1.165, 1.54) is 0 Å². The van der Waals surface area contributed by atoms with Gasteiger partial charge in [0.25, 0.3) is 0 Å². The minimum absolute atomic E-state index is 0.0161. The van der Waals surface area contributed by atoms with Crippen molar-refractivity contribution in [3.63, 3.8) is 0 Å². The molecule has 0 amide bonds. The number of methoxy groups -OCH3 is 1. The molecule has 0 heterocycles. The molecule has 0 bridgehead atoms. The van der Waals surface area contributed by atoms with Gasteiger partial charge in [-0.1, -0.05) is 64.5 Å². The highest BCUT2D eigenvalue weighted by Crippen LogP contribution is 2.29. The Hall–Kier alpha value is -0.780. The third-order valence-corrected chi connectivity index (χ3v) is 4.04. The van der Waals surface area contributed by atoms with Crippen LogP contribution in [0.1, 0.15) is 17.2 Å². The number of ether oxygens (including phenoxy) is 2. The van der Waals surface area contributed by atoms with Gasteiger partial charge in [-0.3, -0.25) is 0 Å². The Morgan fingerprint density at radius 3 is 2.45 bits per heavy atom. The first kappa shape index (κ1) is 15.6. The van der Waals surface area contributed by atoms with Crippen molar-refractivity contribution in [3.8, 4) is 5.75 Å². The minimum Gasteiger partial charge on any atom is -0.496 e. The van der Waals surface area contributed by atoms with Crippen molar-refractivity contribution < 1.29 is 9.47 Å². The van der Waals surface area contributed by atoms with Crippen LogP contribution >= 0.6 is 34.2 Å². The molecule has 0 aliphatic rings. The van der Waals surface area contributed by atoms with Crippen LogP contribution in [0.25, 0.3) is 0 Å². The molecular formula is C16H16ClIO2. The number of alkyl halides is 1. The smallest absolute Gasteiger partial charge is 0.124 e. The first-order valence-corrected chi connectivity index (χ1v) is 8.20. The van der Waals surface area contributed by atoms with Crippen molar-refractivity contribution in [3.05, 3.63) is 64.7 Å². The van der Waals surface area contributed by atoms with Gasteiger partial charge in [0.1, 0.15) is 5.75 Å². The summed E-state index contributed by atoms with van der Waals surface area (Å²) in [6, 6.07) is 15.7. The molecule has 1 atom stereocenters. The molecule has 2 aromatic carbocycles. The summed E-state index contributed by atoms with van der Waals surface area (Å²) in [6.45, 7) is 0.558. The molecule has 1 unspecified atom stereocenters. The zero-order chi connectivity index (χ0) is 14.4. The topological polar surface area (TPSA) is 18.5 Å². The molecule has 4 heteroatoms. The summed E-state index contributed by atoms with van der Waals surface area (Å²) in [7, 11) is 1.68. The summed E-state index contributed by atoms with van der Waals surface area (Å²) in [5.41, 5.74) is 2.19. The molecule has 2 aromatic rings. The first-order valence-electron chi connectivity index (χ1n) is 6.29. The fourth-order valence-corrected chi connectivity index (χ4v) is 2.78. The van der Waals surface area contributed by atoms with E-state index in [1.807, 2.05) is 48.5 Å². The van der Waals surface area contributed by atoms with Crippen LogP contribution in [0.3, 0.4) is 0 Å². The zero-order valence-electron chi connectivity index (χ0n) is 11.2. The van der Waals surface area contributed by atoms with Crippen LogP contribution in [0.2, 0.25) is 5.02 Å². The van der Waals surface area contributed by atoms with E-state index in [4.69, 9.17) is 21.1 Å². The maximum absolute atomic E-state index is 6.02. The van der Waals surface area contributed by atoms with Gasteiger partial charge in [-0.25, -0.2) is 0 Å². The number of rotatable bonds is 6. The van der Waals surface area contributed by atoms with E-state index in [1.54, 1.807) is 7.11 Å². The van der Waals surface area contributed by atoms with Gasteiger partial charge in [-0.05, 0) is 23.8 Å². The second-order valence-electron chi connectivity index (χ2n) is 4.32. The fraction of sp³-hybridized carbons (Fsp3) is 0.250. The molecule has 106 valence electrons. The lowest BCUT2D eigenvalue weighted by Crippen LogP contribution is -2.07. The molecule has 0 aromatic heterocycles. The van der Waals surface area contributed by atoms with E-state index in [9.17, 15) is 0 Å². The lowest BCUT2D eigenvalue weighted by Gasteiger charge is -2.18. The Morgan fingerprint density at radius 2 is 1.80 bits per heavy atom. The predicted molar refractivity (Wildman–Crippen MR) is 90.9 cm³/mol. The Bertz CT molecular complexity index is 542. The monoisotopic (exact) mass is 402 g/mol. The van der Waals surface area contributed by atoms with E-state index in [0.717, 1.165) is 26.3 Å². The summed E-state index contributed by atoms with van der Waals surface area (Å²) in [4.78, 5) is 0. The summed E-state index contributed by atoms with van der Waals surface area (Å²) < 4.78 is 12.3. The second-order valence-corrected chi connectivity index (χ2v) is 5.64. The SMILES string of the molecule is COc1ccccc1C(CI)OCc1ccc(Cl)cc1. The average molecular weight is 403 g/mol. The molecule has 0 fully saturated rings. The van der Waals surface area contributed by atoms with Crippen LogP contribution in [0.4, 0.5) is 0 Å². The quantitative estimate of drug-likeness (QED) is 0.498. The van der Waals surface area contributed by atoms with Gasteiger partial charge in [0.05, 0.1) is 19.8 Å². The van der Waals surface area contributed by atoms with Crippen molar-refractivity contribution in [1.82, 2.24) is 0 Å². The first-order chi connectivity index (χ1) is 9.74. The van der Waals surface area contributed by atoms with E-state index >= 15 is 0 Å². The second kappa shape index (κ2) is 7.86. The Kier molecular flexibility index (Phi) is 6.13. The van der Waals surface area contributed by atoms with Gasteiger partial charge >= 0.3 is 0 Å². The maximum Gasteiger partial charge on any atom is 0.124 e.